The van der Waals surface area contributed by atoms with Gasteiger partial charge in [0.2, 0.25) is 0 Å². The molecule has 4 nitrogen and oxygen atoms in total. The second-order valence-electron chi connectivity index (χ2n) is 3.16. The van der Waals surface area contributed by atoms with Crippen molar-refractivity contribution in [1.29, 1.82) is 0 Å². The van der Waals surface area contributed by atoms with Gasteiger partial charge in [-0.05, 0) is 17.7 Å². The topological polar surface area (TPSA) is 64.3 Å². The van der Waals surface area contributed by atoms with E-state index >= 15 is 0 Å². The zero-order valence-corrected chi connectivity index (χ0v) is 7.96. The fourth-order valence-corrected chi connectivity index (χ4v) is 1.77. The molecule has 3 N–H and O–H groups in total. The van der Waals surface area contributed by atoms with E-state index in [1.807, 2.05) is 0 Å². The lowest BCUT2D eigenvalue weighted by Gasteiger charge is -2.09. The van der Waals surface area contributed by atoms with Crippen molar-refractivity contribution in [2.75, 3.05) is 7.11 Å². The molecule has 0 bridgehead atoms. The number of carbonyl (C=O) groups is 1. The molecule has 1 aromatic carbocycles. The molecule has 0 unspecified atom stereocenters. The zero-order valence-electron chi connectivity index (χ0n) is 7.96. The minimum atomic E-state index is -0.0302. The number of hydrogen-bond acceptors (Lipinski definition) is 3. The maximum Gasteiger partial charge on any atom is 0.251 e. The molecule has 1 amide bonds. The number of benzene rings is 1. The molecule has 2 rings (SSSR count). The predicted molar refractivity (Wildman–Crippen MR) is 52.1 cm³/mol. The lowest BCUT2D eigenvalue weighted by molar-refractivity contribution is 0.0966. The van der Waals surface area contributed by atoms with E-state index < -0.39 is 0 Å². The molecular formula is C10H12N2O2. The summed E-state index contributed by atoms with van der Waals surface area (Å²) in [5.74, 6) is 0.722. The number of fused-ring (bicyclic) bond motifs is 1. The summed E-state index contributed by atoms with van der Waals surface area (Å²) in [7, 11) is 1.60. The van der Waals surface area contributed by atoms with Crippen molar-refractivity contribution in [2.24, 2.45) is 5.73 Å². The first kappa shape index (κ1) is 9.02. The molecule has 4 heteroatoms. The monoisotopic (exact) mass is 192 g/mol. The third kappa shape index (κ3) is 1.15. The third-order valence-electron chi connectivity index (χ3n) is 2.48. The number of methoxy groups -OCH3 is 1. The van der Waals surface area contributed by atoms with Crippen molar-refractivity contribution in [3.8, 4) is 5.75 Å². The van der Waals surface area contributed by atoms with E-state index in [2.05, 4.69) is 5.32 Å². The number of nitrogens with one attached hydrogen (secondary N) is 1. The Balaban J connectivity index is 2.59. The molecule has 1 aromatic rings. The van der Waals surface area contributed by atoms with Crippen LogP contribution in [0.25, 0.3) is 0 Å². The van der Waals surface area contributed by atoms with Crippen LogP contribution < -0.4 is 15.8 Å². The lowest BCUT2D eigenvalue weighted by atomic mass is 10.0. The number of nitrogens with two attached hydrogens (primary N) is 1. The van der Waals surface area contributed by atoms with Crippen molar-refractivity contribution in [3.05, 3.63) is 28.8 Å². The second-order valence-corrected chi connectivity index (χ2v) is 3.16. The quantitative estimate of drug-likeness (QED) is 0.712. The normalized spacial score (nSPS) is 13.7. The molecule has 14 heavy (non-hydrogen) atoms. The molecule has 0 fully saturated rings. The highest BCUT2D eigenvalue weighted by atomic mass is 16.5. The molecule has 0 spiro atoms. The fourth-order valence-electron chi connectivity index (χ4n) is 1.77. The van der Waals surface area contributed by atoms with Crippen LogP contribution in [0.4, 0.5) is 0 Å². The van der Waals surface area contributed by atoms with Crippen molar-refractivity contribution in [2.45, 2.75) is 13.1 Å². The zero-order chi connectivity index (χ0) is 10.1. The molecule has 0 aromatic heterocycles. The third-order valence-corrected chi connectivity index (χ3v) is 2.48. The van der Waals surface area contributed by atoms with E-state index in [0.29, 0.717) is 18.7 Å². The Morgan fingerprint density at radius 3 is 3.00 bits per heavy atom. The van der Waals surface area contributed by atoms with E-state index in [0.717, 1.165) is 16.9 Å². The summed E-state index contributed by atoms with van der Waals surface area (Å²) in [5.41, 5.74) is 8.23. The first-order valence-corrected chi connectivity index (χ1v) is 4.45. The van der Waals surface area contributed by atoms with Crippen LogP contribution in [0.3, 0.4) is 0 Å². The molecule has 1 aliphatic rings. The first-order valence-electron chi connectivity index (χ1n) is 4.45. The first-order chi connectivity index (χ1) is 6.77. The van der Waals surface area contributed by atoms with Crippen molar-refractivity contribution >= 4 is 5.91 Å². The Morgan fingerprint density at radius 1 is 1.57 bits per heavy atom. The van der Waals surface area contributed by atoms with E-state index in [4.69, 9.17) is 10.5 Å². The van der Waals surface area contributed by atoms with Crippen molar-refractivity contribution in [1.82, 2.24) is 5.32 Å². The van der Waals surface area contributed by atoms with Crippen molar-refractivity contribution < 1.29 is 9.53 Å². The van der Waals surface area contributed by atoms with E-state index in [1.54, 1.807) is 19.2 Å². The van der Waals surface area contributed by atoms with Crippen LogP contribution in [0.1, 0.15) is 21.5 Å². The van der Waals surface area contributed by atoms with Gasteiger partial charge in [0.05, 0.1) is 7.11 Å². The minimum absolute atomic E-state index is 0.0302. The summed E-state index contributed by atoms with van der Waals surface area (Å²) in [6.07, 6.45) is 0. The van der Waals surface area contributed by atoms with Crippen LogP contribution in [-0.4, -0.2) is 13.0 Å². The van der Waals surface area contributed by atoms with Gasteiger partial charge in [0.1, 0.15) is 5.75 Å². The van der Waals surface area contributed by atoms with Gasteiger partial charge in [-0.15, -0.1) is 0 Å². The Morgan fingerprint density at radius 2 is 2.36 bits per heavy atom. The van der Waals surface area contributed by atoms with Crippen LogP contribution in [0.5, 0.6) is 5.75 Å². The van der Waals surface area contributed by atoms with E-state index in [1.165, 1.54) is 0 Å². The molecule has 0 saturated carbocycles. The second kappa shape index (κ2) is 3.31. The standard InChI is InChI=1S/C10H12N2O2/c1-14-9-3-2-6-8(7(9)4-11)5-12-10(6)13/h2-3H,4-5,11H2,1H3,(H,12,13). The van der Waals surface area contributed by atoms with Crippen LogP contribution in [-0.2, 0) is 13.1 Å². The van der Waals surface area contributed by atoms with Gasteiger partial charge in [-0.3, -0.25) is 4.79 Å². The SMILES string of the molecule is COc1ccc2c(c1CN)CNC2=O. The molecule has 0 radical (unpaired) electrons. The highest BCUT2D eigenvalue weighted by Crippen LogP contribution is 2.27. The van der Waals surface area contributed by atoms with Gasteiger partial charge < -0.3 is 15.8 Å². The molecule has 0 aliphatic carbocycles. The van der Waals surface area contributed by atoms with Gasteiger partial charge in [0.15, 0.2) is 0 Å². The lowest BCUT2D eigenvalue weighted by Crippen LogP contribution is -2.12. The molecule has 0 atom stereocenters. The van der Waals surface area contributed by atoms with Crippen LogP contribution in [0.15, 0.2) is 12.1 Å². The summed E-state index contributed by atoms with van der Waals surface area (Å²) >= 11 is 0. The summed E-state index contributed by atoms with van der Waals surface area (Å²) < 4.78 is 5.18. The van der Waals surface area contributed by atoms with Crippen LogP contribution >= 0.6 is 0 Å². The van der Waals surface area contributed by atoms with E-state index in [-0.39, 0.29) is 5.91 Å². The molecule has 1 aliphatic heterocycles. The van der Waals surface area contributed by atoms with Crippen LogP contribution in [0, 0.1) is 0 Å². The van der Waals surface area contributed by atoms with Gasteiger partial charge >= 0.3 is 0 Å². The summed E-state index contributed by atoms with van der Waals surface area (Å²) in [4.78, 5) is 11.3. The van der Waals surface area contributed by atoms with Gasteiger partial charge in [-0.1, -0.05) is 0 Å². The Labute approximate surface area is 82.1 Å². The smallest absolute Gasteiger partial charge is 0.251 e. The largest absolute Gasteiger partial charge is 0.496 e. The number of amides is 1. The average Bonchev–Trinajstić information content (AvgIpc) is 2.59. The average molecular weight is 192 g/mol. The van der Waals surface area contributed by atoms with Gasteiger partial charge in [-0.25, -0.2) is 0 Å². The van der Waals surface area contributed by atoms with Crippen LogP contribution in [0.2, 0.25) is 0 Å². The predicted octanol–water partition coefficient (Wildman–Crippen LogP) is 0.397. The number of hydrogen-bond donors (Lipinski definition) is 2. The molecule has 0 saturated heterocycles. The van der Waals surface area contributed by atoms with E-state index in [9.17, 15) is 4.79 Å². The van der Waals surface area contributed by atoms with Gasteiger partial charge in [-0.2, -0.15) is 0 Å². The summed E-state index contributed by atoms with van der Waals surface area (Å²) in [6.45, 7) is 0.944. The highest BCUT2D eigenvalue weighted by molar-refractivity contribution is 5.99. The number of rotatable bonds is 2. The number of ether oxygens (including phenoxy) is 1. The maximum absolute atomic E-state index is 11.3. The fraction of sp³-hybridized carbons (Fsp3) is 0.300. The van der Waals surface area contributed by atoms with Crippen molar-refractivity contribution in [3.63, 3.8) is 0 Å². The van der Waals surface area contributed by atoms with Gasteiger partial charge in [0, 0.05) is 24.2 Å². The minimum Gasteiger partial charge on any atom is -0.496 e. The Hall–Kier alpha value is -1.55. The summed E-state index contributed by atoms with van der Waals surface area (Å²) in [6, 6.07) is 3.56. The number of carbonyl (C=O) groups excluding carboxylic acids is 1. The maximum atomic E-state index is 11.3. The molecular weight excluding hydrogens is 180 g/mol. The molecule has 1 heterocycles. The highest BCUT2D eigenvalue weighted by Gasteiger charge is 2.23. The Kier molecular flexibility index (Phi) is 2.13. The molecule has 74 valence electrons. The Bertz CT molecular complexity index is 388. The summed E-state index contributed by atoms with van der Waals surface area (Å²) in [5, 5.41) is 2.76. The van der Waals surface area contributed by atoms with Gasteiger partial charge in [0.25, 0.3) is 5.91 Å².